The molecule has 4 aromatic heterocycles. The molecule has 0 fully saturated rings. The molecule has 0 N–H and O–H groups in total. The monoisotopic (exact) mass is 710 g/mol. The molecule has 0 spiro atoms. The first kappa shape index (κ1) is 30.9. The van der Waals surface area contributed by atoms with Crippen LogP contribution in [0.1, 0.15) is 0 Å². The van der Waals surface area contributed by atoms with Gasteiger partial charge in [0.25, 0.3) is 0 Å². The second-order valence-electron chi connectivity index (χ2n) is 14.6. The molecule has 8 aromatic carbocycles. The molecule has 4 heterocycles. The zero-order chi connectivity index (χ0) is 36.7. The summed E-state index contributed by atoms with van der Waals surface area (Å²) in [5, 5.41) is 12.9. The molecular formula is C52H30N4. The minimum Gasteiger partial charge on any atom is -0.263 e. The van der Waals surface area contributed by atoms with Crippen molar-refractivity contribution in [2.75, 3.05) is 0 Å². The third kappa shape index (κ3) is 4.66. The number of rotatable bonds is 4. The molecule has 4 nitrogen and oxygen atoms in total. The van der Waals surface area contributed by atoms with Gasteiger partial charge in [0.1, 0.15) is 0 Å². The normalized spacial score (nSPS) is 11.9. The number of aromatic nitrogens is 4. The van der Waals surface area contributed by atoms with Crippen molar-refractivity contribution in [3.8, 4) is 44.8 Å². The lowest BCUT2D eigenvalue weighted by Gasteiger charge is -2.17. The molecule has 0 saturated heterocycles. The third-order valence-electron chi connectivity index (χ3n) is 11.5. The van der Waals surface area contributed by atoms with Gasteiger partial charge in [-0.2, -0.15) is 0 Å². The Kier molecular flexibility index (Phi) is 6.60. The van der Waals surface area contributed by atoms with Gasteiger partial charge in [-0.15, -0.1) is 0 Å². The van der Waals surface area contributed by atoms with Gasteiger partial charge in [0.2, 0.25) is 0 Å². The number of benzene rings is 8. The fourth-order valence-corrected chi connectivity index (χ4v) is 8.83. The predicted molar refractivity (Wildman–Crippen MR) is 233 cm³/mol. The van der Waals surface area contributed by atoms with Crippen molar-refractivity contribution in [3.05, 3.63) is 182 Å². The van der Waals surface area contributed by atoms with Gasteiger partial charge < -0.3 is 0 Å². The number of para-hydroxylation sites is 1. The van der Waals surface area contributed by atoms with Gasteiger partial charge in [0.05, 0.1) is 27.9 Å². The smallest absolute Gasteiger partial charge is 0.0972 e. The minimum atomic E-state index is 0.889. The molecule has 56 heavy (non-hydrogen) atoms. The lowest BCUT2D eigenvalue weighted by Crippen LogP contribution is -1.93. The summed E-state index contributed by atoms with van der Waals surface area (Å²) in [4.78, 5) is 19.9. The Morgan fingerprint density at radius 1 is 0.304 bits per heavy atom. The van der Waals surface area contributed by atoms with Crippen molar-refractivity contribution in [3.63, 3.8) is 0 Å². The van der Waals surface area contributed by atoms with E-state index >= 15 is 0 Å². The molecular weight excluding hydrogens is 681 g/mol. The van der Waals surface area contributed by atoms with Gasteiger partial charge in [-0.3, -0.25) is 9.97 Å². The quantitative estimate of drug-likeness (QED) is 0.171. The van der Waals surface area contributed by atoms with Crippen LogP contribution in [0.25, 0.3) is 121 Å². The summed E-state index contributed by atoms with van der Waals surface area (Å²) in [6.07, 6.45) is 5.69. The van der Waals surface area contributed by atoms with E-state index in [0.717, 1.165) is 77.1 Å². The Balaban J connectivity index is 1.000. The number of fused-ring (bicyclic) bond motifs is 5. The van der Waals surface area contributed by atoms with Gasteiger partial charge in [-0.25, -0.2) is 9.97 Å². The fourth-order valence-electron chi connectivity index (χ4n) is 8.83. The van der Waals surface area contributed by atoms with Gasteiger partial charge in [-0.1, -0.05) is 146 Å². The molecule has 0 saturated carbocycles. The Morgan fingerprint density at radius 2 is 0.857 bits per heavy atom. The molecule has 0 unspecified atom stereocenters. The van der Waals surface area contributed by atoms with E-state index in [0.29, 0.717) is 0 Å². The summed E-state index contributed by atoms with van der Waals surface area (Å²) in [6.45, 7) is 0. The van der Waals surface area contributed by atoms with Crippen LogP contribution < -0.4 is 0 Å². The highest BCUT2D eigenvalue weighted by molar-refractivity contribution is 6.27. The maximum absolute atomic E-state index is 5.39. The summed E-state index contributed by atoms with van der Waals surface area (Å²) in [7, 11) is 0. The molecule has 4 heteroatoms. The highest BCUT2D eigenvalue weighted by atomic mass is 14.8. The average Bonchev–Trinajstić information content (AvgIpc) is 3.27. The molecule has 12 rings (SSSR count). The van der Waals surface area contributed by atoms with Crippen LogP contribution in [-0.4, -0.2) is 19.9 Å². The number of hydrogen-bond acceptors (Lipinski definition) is 4. The zero-order valence-electron chi connectivity index (χ0n) is 30.1. The van der Waals surface area contributed by atoms with Crippen LogP contribution >= 0.6 is 0 Å². The molecule has 0 bridgehead atoms. The van der Waals surface area contributed by atoms with E-state index in [4.69, 9.17) is 15.0 Å². The van der Waals surface area contributed by atoms with E-state index in [-0.39, 0.29) is 0 Å². The number of nitrogens with zero attached hydrogens (tertiary/aromatic N) is 4. The van der Waals surface area contributed by atoms with Crippen LogP contribution in [0.4, 0.5) is 0 Å². The van der Waals surface area contributed by atoms with E-state index < -0.39 is 0 Å². The molecule has 0 radical (unpaired) electrons. The predicted octanol–water partition coefficient (Wildman–Crippen LogP) is 13.4. The van der Waals surface area contributed by atoms with Crippen molar-refractivity contribution >= 4 is 75.8 Å². The van der Waals surface area contributed by atoms with Crippen LogP contribution in [0.2, 0.25) is 0 Å². The van der Waals surface area contributed by atoms with Crippen molar-refractivity contribution in [2.45, 2.75) is 0 Å². The topological polar surface area (TPSA) is 51.6 Å². The lowest BCUT2D eigenvalue weighted by molar-refractivity contribution is 1.33. The molecule has 12 aromatic rings. The lowest BCUT2D eigenvalue weighted by atomic mass is 9.87. The highest BCUT2D eigenvalue weighted by Gasteiger charge is 2.17. The molecule has 0 aliphatic carbocycles. The van der Waals surface area contributed by atoms with E-state index in [1.807, 2.05) is 30.7 Å². The van der Waals surface area contributed by atoms with Gasteiger partial charge in [0, 0.05) is 56.8 Å². The molecule has 0 amide bonds. The first-order valence-electron chi connectivity index (χ1n) is 18.9. The standard InChI is InChI=1S/C52H30N4/c1-2-8-39-38(5-1)29-53-30-45(39)47-27-21-37-15-14-36-20-26-46(55-51(36)52(37)56-47)42-23-17-34-18-24-43-40(22-16-33-19-25-44(42)49(34)48(33)43)31-10-12-32(13-11-31)41-9-3-6-35-7-4-28-54-50(35)41/h1-30H. The first-order valence-corrected chi connectivity index (χ1v) is 18.9. The third-order valence-corrected chi connectivity index (χ3v) is 11.5. The SMILES string of the molecule is c1ccc2c(-c3ccc4ccc5ccc(-c6ccc7ccc8c(-c9ccc(-c%10cccc%11cccnc%10%11)cc9)ccc9ccc6c7c98)nc5c4n3)cncc2c1. The Labute approximate surface area is 321 Å². The largest absolute Gasteiger partial charge is 0.263 e. The number of pyridine rings is 4. The van der Waals surface area contributed by atoms with Gasteiger partial charge in [0.15, 0.2) is 0 Å². The van der Waals surface area contributed by atoms with Crippen molar-refractivity contribution in [2.24, 2.45) is 0 Å². The minimum absolute atomic E-state index is 0.889. The van der Waals surface area contributed by atoms with Crippen LogP contribution in [0, 0.1) is 0 Å². The Hall–Kier alpha value is -7.56. The zero-order valence-corrected chi connectivity index (χ0v) is 30.1. The van der Waals surface area contributed by atoms with Crippen LogP contribution in [0.3, 0.4) is 0 Å². The van der Waals surface area contributed by atoms with Crippen molar-refractivity contribution < 1.29 is 0 Å². The van der Waals surface area contributed by atoms with Crippen LogP contribution in [0.5, 0.6) is 0 Å². The second-order valence-corrected chi connectivity index (χ2v) is 14.6. The van der Waals surface area contributed by atoms with E-state index in [1.54, 1.807) is 0 Å². The average molecular weight is 711 g/mol. The van der Waals surface area contributed by atoms with E-state index in [9.17, 15) is 0 Å². The molecule has 258 valence electrons. The van der Waals surface area contributed by atoms with Crippen molar-refractivity contribution in [1.82, 2.24) is 19.9 Å². The molecule has 0 aliphatic rings. The fraction of sp³-hybridized carbons (Fsp3) is 0. The molecule has 0 aliphatic heterocycles. The summed E-state index contributed by atoms with van der Waals surface area (Å²) in [5.41, 5.74) is 11.5. The first-order chi connectivity index (χ1) is 27.7. The van der Waals surface area contributed by atoms with Gasteiger partial charge in [-0.05, 0) is 72.6 Å². The van der Waals surface area contributed by atoms with Crippen molar-refractivity contribution in [1.29, 1.82) is 0 Å². The Morgan fingerprint density at radius 3 is 1.61 bits per heavy atom. The maximum atomic E-state index is 5.39. The highest BCUT2D eigenvalue weighted by Crippen LogP contribution is 2.43. The second kappa shape index (κ2) is 12.0. The van der Waals surface area contributed by atoms with E-state index in [2.05, 4.69) is 157 Å². The van der Waals surface area contributed by atoms with Crippen LogP contribution in [0.15, 0.2) is 182 Å². The maximum Gasteiger partial charge on any atom is 0.0972 e. The van der Waals surface area contributed by atoms with E-state index in [1.165, 1.54) is 43.4 Å². The summed E-state index contributed by atoms with van der Waals surface area (Å²) in [5.74, 6) is 0. The van der Waals surface area contributed by atoms with Gasteiger partial charge >= 0.3 is 0 Å². The molecule has 0 atom stereocenters. The summed E-state index contributed by atoms with van der Waals surface area (Å²) < 4.78 is 0. The van der Waals surface area contributed by atoms with Crippen LogP contribution in [-0.2, 0) is 0 Å². The summed E-state index contributed by atoms with van der Waals surface area (Å²) >= 11 is 0. The number of hydrogen-bond donors (Lipinski definition) is 0. The Bertz CT molecular complexity index is 3520. The summed E-state index contributed by atoms with van der Waals surface area (Å²) in [6, 6.07) is 58.7.